The van der Waals surface area contributed by atoms with Gasteiger partial charge in [0.2, 0.25) is 5.91 Å². The molecule has 22 heavy (non-hydrogen) atoms. The number of aromatic amines is 1. The van der Waals surface area contributed by atoms with Crippen LogP contribution in [0.15, 0.2) is 48.5 Å². The van der Waals surface area contributed by atoms with Crippen LogP contribution in [0.1, 0.15) is 0 Å². The second-order valence-corrected chi connectivity index (χ2v) is 5.17. The average Bonchev–Trinajstić information content (AvgIpc) is 2.84. The van der Waals surface area contributed by atoms with E-state index in [-0.39, 0.29) is 12.5 Å². The summed E-state index contributed by atoms with van der Waals surface area (Å²) in [5.41, 5.74) is 2.46. The van der Waals surface area contributed by atoms with Crippen LogP contribution in [0.3, 0.4) is 0 Å². The van der Waals surface area contributed by atoms with E-state index in [4.69, 9.17) is 17.0 Å². The quantitative estimate of drug-likeness (QED) is 0.726. The summed E-state index contributed by atoms with van der Waals surface area (Å²) in [6.45, 7) is 0.140. The molecule has 0 aliphatic rings. The number of aromatic nitrogens is 2. The normalized spacial score (nSPS) is 10.6. The third kappa shape index (κ3) is 2.73. The third-order valence-electron chi connectivity index (χ3n) is 3.36. The summed E-state index contributed by atoms with van der Waals surface area (Å²) < 4.78 is 7.52. The van der Waals surface area contributed by atoms with Crippen molar-refractivity contribution < 1.29 is 9.53 Å². The SMILES string of the molecule is COc1ccccc1NC(=O)Cn1c(=S)[nH]c2ccccc21. The summed E-state index contributed by atoms with van der Waals surface area (Å²) in [6.07, 6.45) is 0. The maximum absolute atomic E-state index is 12.3. The van der Waals surface area contributed by atoms with E-state index < -0.39 is 0 Å². The fourth-order valence-corrected chi connectivity index (χ4v) is 2.62. The molecule has 1 amide bonds. The smallest absolute Gasteiger partial charge is 0.244 e. The number of H-pyrrole nitrogens is 1. The highest BCUT2D eigenvalue weighted by Crippen LogP contribution is 2.23. The number of ether oxygens (including phenoxy) is 1. The number of amides is 1. The van der Waals surface area contributed by atoms with Gasteiger partial charge in [0.05, 0.1) is 23.8 Å². The summed E-state index contributed by atoms with van der Waals surface area (Å²) in [6, 6.07) is 15.0. The Morgan fingerprint density at radius 2 is 1.95 bits per heavy atom. The fourth-order valence-electron chi connectivity index (χ4n) is 2.35. The predicted molar refractivity (Wildman–Crippen MR) is 88.7 cm³/mol. The van der Waals surface area contributed by atoms with Crippen molar-refractivity contribution in [3.63, 3.8) is 0 Å². The predicted octanol–water partition coefficient (Wildman–Crippen LogP) is 3.35. The molecule has 0 radical (unpaired) electrons. The van der Waals surface area contributed by atoms with Gasteiger partial charge in [0.25, 0.3) is 0 Å². The van der Waals surface area contributed by atoms with E-state index >= 15 is 0 Å². The summed E-state index contributed by atoms with van der Waals surface area (Å²) in [4.78, 5) is 15.4. The van der Waals surface area contributed by atoms with Crippen LogP contribution in [0, 0.1) is 4.77 Å². The van der Waals surface area contributed by atoms with Crippen molar-refractivity contribution in [2.75, 3.05) is 12.4 Å². The minimum atomic E-state index is -0.162. The standard InChI is InChI=1S/C16H15N3O2S/c1-21-14-9-5-3-7-12(14)17-15(20)10-19-13-8-4-2-6-11(13)18-16(19)22/h2-9H,10H2,1H3,(H,17,20)(H,18,22). The van der Waals surface area contributed by atoms with Gasteiger partial charge < -0.3 is 19.6 Å². The lowest BCUT2D eigenvalue weighted by Gasteiger charge is -2.10. The van der Waals surface area contributed by atoms with Crippen molar-refractivity contribution in [3.8, 4) is 5.75 Å². The van der Waals surface area contributed by atoms with E-state index in [1.807, 2.05) is 36.4 Å². The highest BCUT2D eigenvalue weighted by Gasteiger charge is 2.10. The Balaban J connectivity index is 1.85. The van der Waals surface area contributed by atoms with Crippen molar-refractivity contribution >= 4 is 34.8 Å². The third-order valence-corrected chi connectivity index (χ3v) is 3.69. The van der Waals surface area contributed by atoms with Gasteiger partial charge in [-0.05, 0) is 36.5 Å². The molecule has 0 spiro atoms. The molecule has 2 aromatic carbocycles. The number of hydrogen-bond acceptors (Lipinski definition) is 3. The van der Waals surface area contributed by atoms with Crippen LogP contribution in [-0.4, -0.2) is 22.6 Å². The molecule has 0 fully saturated rings. The summed E-state index contributed by atoms with van der Waals surface area (Å²) in [5, 5.41) is 2.85. The molecular weight excluding hydrogens is 298 g/mol. The van der Waals surface area contributed by atoms with Gasteiger partial charge in [-0.1, -0.05) is 24.3 Å². The maximum Gasteiger partial charge on any atom is 0.244 e. The number of benzene rings is 2. The Kier molecular flexibility index (Phi) is 3.93. The number of rotatable bonds is 4. The zero-order valence-electron chi connectivity index (χ0n) is 12.0. The minimum Gasteiger partial charge on any atom is -0.495 e. The molecule has 1 aromatic heterocycles. The minimum absolute atomic E-state index is 0.140. The number of anilines is 1. The van der Waals surface area contributed by atoms with Crippen molar-refractivity contribution in [1.29, 1.82) is 0 Å². The Morgan fingerprint density at radius 1 is 1.23 bits per heavy atom. The van der Waals surface area contributed by atoms with E-state index in [1.165, 1.54) is 0 Å². The van der Waals surface area contributed by atoms with Gasteiger partial charge in [0, 0.05) is 0 Å². The van der Waals surface area contributed by atoms with Gasteiger partial charge in [-0.2, -0.15) is 0 Å². The van der Waals surface area contributed by atoms with E-state index in [2.05, 4.69) is 10.3 Å². The van der Waals surface area contributed by atoms with Crippen LogP contribution in [0.5, 0.6) is 5.75 Å². The van der Waals surface area contributed by atoms with Crippen LogP contribution in [0.2, 0.25) is 0 Å². The summed E-state index contributed by atoms with van der Waals surface area (Å²) in [5.74, 6) is 0.462. The molecule has 3 rings (SSSR count). The first kappa shape index (κ1) is 14.3. The number of imidazole rings is 1. The number of fused-ring (bicyclic) bond motifs is 1. The van der Waals surface area contributed by atoms with Gasteiger partial charge in [0.15, 0.2) is 4.77 Å². The molecule has 1 heterocycles. The first-order chi connectivity index (χ1) is 10.7. The van der Waals surface area contributed by atoms with Crippen molar-refractivity contribution in [2.24, 2.45) is 0 Å². The van der Waals surface area contributed by atoms with Crippen LogP contribution >= 0.6 is 12.2 Å². The van der Waals surface area contributed by atoms with E-state index in [0.717, 1.165) is 11.0 Å². The van der Waals surface area contributed by atoms with Crippen LogP contribution < -0.4 is 10.1 Å². The fraction of sp³-hybridized carbons (Fsp3) is 0.125. The molecule has 5 nitrogen and oxygen atoms in total. The second kappa shape index (κ2) is 6.03. The van der Waals surface area contributed by atoms with Gasteiger partial charge >= 0.3 is 0 Å². The molecule has 112 valence electrons. The number of carbonyl (C=O) groups excluding carboxylic acids is 1. The number of carbonyl (C=O) groups is 1. The van der Waals surface area contributed by atoms with E-state index in [0.29, 0.717) is 16.2 Å². The first-order valence-electron chi connectivity index (χ1n) is 6.79. The topological polar surface area (TPSA) is 59.0 Å². The molecule has 6 heteroatoms. The number of para-hydroxylation sites is 4. The van der Waals surface area contributed by atoms with Gasteiger partial charge in [-0.3, -0.25) is 4.79 Å². The highest BCUT2D eigenvalue weighted by atomic mass is 32.1. The largest absolute Gasteiger partial charge is 0.495 e. The second-order valence-electron chi connectivity index (χ2n) is 4.78. The molecule has 0 bridgehead atoms. The number of nitrogens with one attached hydrogen (secondary N) is 2. The molecule has 3 aromatic rings. The Labute approximate surface area is 132 Å². The zero-order chi connectivity index (χ0) is 15.5. The summed E-state index contributed by atoms with van der Waals surface area (Å²) in [7, 11) is 1.57. The number of methoxy groups -OCH3 is 1. The first-order valence-corrected chi connectivity index (χ1v) is 7.20. The molecule has 0 saturated carbocycles. The van der Waals surface area contributed by atoms with Crippen LogP contribution in [0.25, 0.3) is 11.0 Å². The highest BCUT2D eigenvalue weighted by molar-refractivity contribution is 7.71. The average molecular weight is 313 g/mol. The monoisotopic (exact) mass is 313 g/mol. The molecule has 0 aliphatic carbocycles. The Hall–Kier alpha value is -2.60. The zero-order valence-corrected chi connectivity index (χ0v) is 12.8. The Morgan fingerprint density at radius 3 is 2.77 bits per heavy atom. The van der Waals surface area contributed by atoms with Gasteiger partial charge in [0.1, 0.15) is 12.3 Å². The van der Waals surface area contributed by atoms with Crippen LogP contribution in [-0.2, 0) is 11.3 Å². The lowest BCUT2D eigenvalue weighted by atomic mass is 10.3. The lowest BCUT2D eigenvalue weighted by molar-refractivity contribution is -0.116. The molecule has 2 N–H and O–H groups in total. The van der Waals surface area contributed by atoms with E-state index in [9.17, 15) is 4.79 Å². The molecule has 0 unspecified atom stereocenters. The number of nitrogens with zero attached hydrogens (tertiary/aromatic N) is 1. The lowest BCUT2D eigenvalue weighted by Crippen LogP contribution is -2.19. The summed E-state index contributed by atoms with van der Waals surface area (Å²) >= 11 is 5.29. The molecular formula is C16H15N3O2S. The van der Waals surface area contributed by atoms with E-state index in [1.54, 1.807) is 23.8 Å². The van der Waals surface area contributed by atoms with Crippen molar-refractivity contribution in [3.05, 3.63) is 53.3 Å². The van der Waals surface area contributed by atoms with Gasteiger partial charge in [-0.25, -0.2) is 0 Å². The van der Waals surface area contributed by atoms with Gasteiger partial charge in [-0.15, -0.1) is 0 Å². The van der Waals surface area contributed by atoms with Crippen molar-refractivity contribution in [1.82, 2.24) is 9.55 Å². The van der Waals surface area contributed by atoms with Crippen LogP contribution in [0.4, 0.5) is 5.69 Å². The number of hydrogen-bond donors (Lipinski definition) is 2. The maximum atomic E-state index is 12.3. The molecule has 0 aliphatic heterocycles. The molecule has 0 atom stereocenters. The Bertz CT molecular complexity index is 882. The van der Waals surface area contributed by atoms with Crippen molar-refractivity contribution in [2.45, 2.75) is 6.54 Å². The molecule has 0 saturated heterocycles.